The molecule has 140 valence electrons. The van der Waals surface area contributed by atoms with Gasteiger partial charge in [0.15, 0.2) is 0 Å². The third-order valence-electron chi connectivity index (χ3n) is 9.78. The predicted molar refractivity (Wildman–Crippen MR) is 95.9 cm³/mol. The first-order chi connectivity index (χ1) is 11.7. The quantitative estimate of drug-likeness (QED) is 0.731. The standard InChI is InChI=1S/C22H34O3/c1-12-9-17-16-6-5-14-10-15(24)7-8-21(14,4)22(16)18(25-22)11-20(17,3)19(12)13(2)23/h12,14-19,24H,5-11H2,1-4H3/t12-,14+,15+,16+,17+,18-,19-,20+,21+,22+/m1/s1. The van der Waals surface area contributed by atoms with Gasteiger partial charge in [0, 0.05) is 11.3 Å². The van der Waals surface area contributed by atoms with Crippen molar-refractivity contribution in [3.05, 3.63) is 0 Å². The summed E-state index contributed by atoms with van der Waals surface area (Å²) >= 11 is 0. The molecule has 0 aromatic rings. The summed E-state index contributed by atoms with van der Waals surface area (Å²) in [5.74, 6) is 3.01. The van der Waals surface area contributed by atoms with Crippen molar-refractivity contribution in [2.24, 2.45) is 40.4 Å². The highest BCUT2D eigenvalue weighted by molar-refractivity contribution is 5.80. The molecule has 25 heavy (non-hydrogen) atoms. The van der Waals surface area contributed by atoms with E-state index >= 15 is 0 Å². The Morgan fingerprint density at radius 2 is 1.88 bits per heavy atom. The Balaban J connectivity index is 1.53. The minimum atomic E-state index is -0.106. The number of aliphatic hydroxyl groups is 1. The van der Waals surface area contributed by atoms with E-state index in [1.807, 2.05) is 6.92 Å². The van der Waals surface area contributed by atoms with Crippen LogP contribution in [0.25, 0.3) is 0 Å². The van der Waals surface area contributed by atoms with Gasteiger partial charge in [-0.05, 0) is 81.0 Å². The molecule has 1 N–H and O–H groups in total. The summed E-state index contributed by atoms with van der Waals surface area (Å²) in [6, 6.07) is 0. The van der Waals surface area contributed by atoms with Gasteiger partial charge in [-0.15, -0.1) is 0 Å². The van der Waals surface area contributed by atoms with E-state index in [4.69, 9.17) is 4.74 Å². The lowest BCUT2D eigenvalue weighted by Crippen LogP contribution is -2.60. The van der Waals surface area contributed by atoms with E-state index < -0.39 is 0 Å². The molecule has 0 bridgehead atoms. The fourth-order valence-electron chi connectivity index (χ4n) is 8.92. The van der Waals surface area contributed by atoms with E-state index in [0.29, 0.717) is 35.6 Å². The van der Waals surface area contributed by atoms with Crippen molar-refractivity contribution in [1.29, 1.82) is 0 Å². The van der Waals surface area contributed by atoms with Crippen molar-refractivity contribution >= 4 is 5.78 Å². The molecule has 5 fully saturated rings. The number of aliphatic hydroxyl groups excluding tert-OH is 1. The van der Waals surface area contributed by atoms with E-state index in [9.17, 15) is 9.90 Å². The maximum absolute atomic E-state index is 12.5. The van der Waals surface area contributed by atoms with Crippen molar-refractivity contribution in [1.82, 2.24) is 0 Å². The van der Waals surface area contributed by atoms with Gasteiger partial charge in [-0.2, -0.15) is 0 Å². The minimum Gasteiger partial charge on any atom is -0.393 e. The molecule has 3 heteroatoms. The van der Waals surface area contributed by atoms with Crippen LogP contribution in [0.15, 0.2) is 0 Å². The van der Waals surface area contributed by atoms with E-state index in [1.54, 1.807) is 0 Å². The number of carbonyl (C=O) groups excluding carboxylic acids is 1. The molecule has 5 rings (SSSR count). The zero-order valence-corrected chi connectivity index (χ0v) is 16.3. The van der Waals surface area contributed by atoms with Crippen molar-refractivity contribution in [3.63, 3.8) is 0 Å². The lowest BCUT2D eigenvalue weighted by Gasteiger charge is -2.58. The van der Waals surface area contributed by atoms with Crippen LogP contribution in [0.5, 0.6) is 0 Å². The number of rotatable bonds is 1. The Kier molecular flexibility index (Phi) is 3.28. The molecule has 0 aromatic heterocycles. The number of ketones is 1. The number of fused-ring (bicyclic) bond motifs is 3. The van der Waals surface area contributed by atoms with Gasteiger partial charge in [-0.3, -0.25) is 4.79 Å². The summed E-state index contributed by atoms with van der Waals surface area (Å²) in [4.78, 5) is 12.5. The monoisotopic (exact) mass is 346 g/mol. The predicted octanol–water partition coefficient (Wildman–Crippen LogP) is 3.97. The lowest BCUT2D eigenvalue weighted by molar-refractivity contribution is -0.133. The van der Waals surface area contributed by atoms with Crippen molar-refractivity contribution in [2.45, 2.75) is 90.4 Å². The van der Waals surface area contributed by atoms with Gasteiger partial charge in [0.05, 0.1) is 12.2 Å². The van der Waals surface area contributed by atoms with Crippen molar-refractivity contribution in [2.75, 3.05) is 0 Å². The summed E-state index contributed by atoms with van der Waals surface area (Å²) in [7, 11) is 0. The van der Waals surface area contributed by atoms with Gasteiger partial charge < -0.3 is 9.84 Å². The van der Waals surface area contributed by atoms with Gasteiger partial charge >= 0.3 is 0 Å². The van der Waals surface area contributed by atoms with Crippen LogP contribution in [0, 0.1) is 40.4 Å². The van der Waals surface area contributed by atoms with Gasteiger partial charge in [-0.1, -0.05) is 20.8 Å². The fraction of sp³-hybridized carbons (Fsp3) is 0.955. The summed E-state index contributed by atoms with van der Waals surface area (Å²) in [6.07, 6.45) is 8.02. The molecule has 1 heterocycles. The minimum absolute atomic E-state index is 0.0611. The number of Topliss-reactive ketones (excluding diaryl/α,β-unsaturated/α-hetero) is 1. The van der Waals surface area contributed by atoms with Crippen LogP contribution in [-0.2, 0) is 9.53 Å². The molecule has 5 aliphatic rings. The van der Waals surface area contributed by atoms with Crippen LogP contribution in [-0.4, -0.2) is 28.7 Å². The van der Waals surface area contributed by atoms with E-state index in [2.05, 4.69) is 20.8 Å². The molecule has 1 spiro atoms. The van der Waals surface area contributed by atoms with Gasteiger partial charge in [0.25, 0.3) is 0 Å². The first kappa shape index (κ1) is 16.7. The molecule has 3 nitrogen and oxygen atoms in total. The summed E-state index contributed by atoms with van der Waals surface area (Å²) in [5.41, 5.74) is 0.433. The Labute approximate surface area is 151 Å². The molecule has 4 saturated carbocycles. The van der Waals surface area contributed by atoms with Crippen LogP contribution < -0.4 is 0 Å². The summed E-state index contributed by atoms with van der Waals surface area (Å²) in [6.45, 7) is 8.99. The number of carbonyl (C=O) groups is 1. The summed E-state index contributed by atoms with van der Waals surface area (Å²) < 4.78 is 6.65. The second-order valence-electron chi connectivity index (χ2n) is 10.7. The van der Waals surface area contributed by atoms with Crippen LogP contribution in [0.2, 0.25) is 0 Å². The SMILES string of the molecule is CC(=O)[C@H]1[C@H](C)C[C@H]2[C@@H]3CC[C@H]4C[C@@H](O)CC[C@]4(C)[C@]34O[C@@H]4C[C@@]21C. The molecule has 4 aliphatic carbocycles. The molecule has 0 unspecified atom stereocenters. The van der Waals surface area contributed by atoms with Gasteiger partial charge in [-0.25, -0.2) is 0 Å². The fourth-order valence-corrected chi connectivity index (χ4v) is 8.92. The maximum Gasteiger partial charge on any atom is 0.133 e. The highest BCUT2D eigenvalue weighted by Crippen LogP contribution is 2.76. The van der Waals surface area contributed by atoms with Crippen molar-refractivity contribution < 1.29 is 14.6 Å². The topological polar surface area (TPSA) is 49.8 Å². The zero-order valence-electron chi connectivity index (χ0n) is 16.3. The Morgan fingerprint density at radius 3 is 2.60 bits per heavy atom. The Morgan fingerprint density at radius 1 is 1.12 bits per heavy atom. The van der Waals surface area contributed by atoms with Crippen LogP contribution in [0.3, 0.4) is 0 Å². The lowest BCUT2D eigenvalue weighted by atomic mass is 9.44. The zero-order chi connectivity index (χ0) is 17.8. The highest BCUT2D eigenvalue weighted by atomic mass is 16.6. The Hall–Kier alpha value is -0.410. The third kappa shape index (κ3) is 1.83. The smallest absolute Gasteiger partial charge is 0.133 e. The van der Waals surface area contributed by atoms with E-state index in [0.717, 1.165) is 25.7 Å². The van der Waals surface area contributed by atoms with E-state index in [-0.39, 0.29) is 28.5 Å². The molecule has 10 atom stereocenters. The number of ether oxygens (including phenoxy) is 1. The largest absolute Gasteiger partial charge is 0.393 e. The first-order valence-electron chi connectivity index (χ1n) is 10.6. The van der Waals surface area contributed by atoms with Crippen LogP contribution in [0.4, 0.5) is 0 Å². The number of hydrogen-bond donors (Lipinski definition) is 1. The average Bonchev–Trinajstić information content (AvgIpc) is 3.16. The van der Waals surface area contributed by atoms with Crippen LogP contribution >= 0.6 is 0 Å². The second kappa shape index (κ2) is 4.90. The third-order valence-corrected chi connectivity index (χ3v) is 9.78. The molecule has 0 amide bonds. The average molecular weight is 347 g/mol. The highest BCUT2D eigenvalue weighted by Gasteiger charge is 2.80. The maximum atomic E-state index is 12.5. The van der Waals surface area contributed by atoms with Crippen molar-refractivity contribution in [3.8, 4) is 0 Å². The molecule has 0 aromatic carbocycles. The first-order valence-corrected chi connectivity index (χ1v) is 10.6. The Bertz CT molecular complexity index is 616. The number of epoxide rings is 1. The number of hydrogen-bond acceptors (Lipinski definition) is 3. The van der Waals surface area contributed by atoms with Crippen LogP contribution in [0.1, 0.15) is 72.6 Å². The van der Waals surface area contributed by atoms with E-state index in [1.165, 1.54) is 19.3 Å². The van der Waals surface area contributed by atoms with Gasteiger partial charge in [0.1, 0.15) is 11.4 Å². The molecule has 1 saturated heterocycles. The molecular formula is C22H34O3. The molecular weight excluding hydrogens is 312 g/mol. The molecule has 1 aliphatic heterocycles. The molecule has 0 radical (unpaired) electrons. The summed E-state index contributed by atoms with van der Waals surface area (Å²) in [5, 5.41) is 10.2. The second-order valence-corrected chi connectivity index (χ2v) is 10.7. The normalized spacial score (nSPS) is 62.4. The van der Waals surface area contributed by atoms with Gasteiger partial charge in [0.2, 0.25) is 0 Å².